The molecule has 0 saturated carbocycles. The molecule has 0 spiro atoms. The third kappa shape index (κ3) is 5.23. The van der Waals surface area contributed by atoms with E-state index in [0.29, 0.717) is 11.5 Å². The standard InChI is InChI=1S/C22H31FN6/c1-15(2)10-17-11-19(23)21(22(24)27-25)20(12-17)29-8-6-28(7-9-29)14-18-5-4-16(3)13-26-18/h4-5,11-13,15H,6-10,14,25H2,1-3H3,(H2,24,27). The minimum Gasteiger partial charge on any atom is -0.382 e. The normalized spacial score (nSPS) is 15.9. The fourth-order valence-electron chi connectivity index (χ4n) is 3.77. The molecular weight excluding hydrogens is 367 g/mol. The summed E-state index contributed by atoms with van der Waals surface area (Å²) < 4.78 is 14.9. The highest BCUT2D eigenvalue weighted by molar-refractivity contribution is 6.02. The zero-order valence-electron chi connectivity index (χ0n) is 17.5. The Morgan fingerprint density at radius 1 is 1.21 bits per heavy atom. The Balaban J connectivity index is 1.77. The van der Waals surface area contributed by atoms with E-state index in [-0.39, 0.29) is 11.7 Å². The fraction of sp³-hybridized carbons (Fsp3) is 0.455. The van der Waals surface area contributed by atoms with Gasteiger partial charge in [0.2, 0.25) is 0 Å². The van der Waals surface area contributed by atoms with Gasteiger partial charge in [0.25, 0.3) is 0 Å². The van der Waals surface area contributed by atoms with E-state index in [1.54, 1.807) is 6.07 Å². The molecule has 1 aliphatic heterocycles. The van der Waals surface area contributed by atoms with E-state index in [9.17, 15) is 4.39 Å². The average Bonchev–Trinajstić information content (AvgIpc) is 2.69. The second-order valence-corrected chi connectivity index (χ2v) is 8.17. The number of piperazine rings is 1. The van der Waals surface area contributed by atoms with Gasteiger partial charge in [-0.3, -0.25) is 9.88 Å². The van der Waals surface area contributed by atoms with Crippen molar-refractivity contribution in [3.8, 4) is 0 Å². The molecule has 2 aromatic rings. The molecule has 29 heavy (non-hydrogen) atoms. The molecule has 156 valence electrons. The number of anilines is 1. The van der Waals surface area contributed by atoms with Crippen LogP contribution in [0.15, 0.2) is 35.6 Å². The highest BCUT2D eigenvalue weighted by Gasteiger charge is 2.24. The van der Waals surface area contributed by atoms with Gasteiger partial charge in [-0.2, -0.15) is 5.10 Å². The first kappa shape index (κ1) is 21.0. The van der Waals surface area contributed by atoms with Gasteiger partial charge in [-0.1, -0.05) is 19.9 Å². The topological polar surface area (TPSA) is 83.8 Å². The van der Waals surface area contributed by atoms with Gasteiger partial charge in [0.1, 0.15) is 5.82 Å². The molecule has 7 heteroatoms. The predicted octanol–water partition coefficient (Wildman–Crippen LogP) is 2.63. The summed E-state index contributed by atoms with van der Waals surface area (Å²) in [7, 11) is 0. The first-order valence-corrected chi connectivity index (χ1v) is 10.1. The molecule has 0 bridgehead atoms. The molecule has 1 fully saturated rings. The summed E-state index contributed by atoms with van der Waals surface area (Å²) in [6.07, 6.45) is 2.71. The Morgan fingerprint density at radius 3 is 2.52 bits per heavy atom. The Labute approximate surface area is 172 Å². The van der Waals surface area contributed by atoms with E-state index in [2.05, 4.69) is 45.9 Å². The molecule has 1 saturated heterocycles. The summed E-state index contributed by atoms with van der Waals surface area (Å²) in [5.74, 6) is 5.47. The van der Waals surface area contributed by atoms with Crippen LogP contribution in [0.5, 0.6) is 0 Å². The molecule has 0 aliphatic carbocycles. The molecule has 1 aromatic carbocycles. The lowest BCUT2D eigenvalue weighted by molar-refractivity contribution is 0.247. The van der Waals surface area contributed by atoms with E-state index in [1.165, 1.54) is 0 Å². The van der Waals surface area contributed by atoms with Crippen LogP contribution in [0.1, 0.15) is 36.2 Å². The van der Waals surface area contributed by atoms with E-state index < -0.39 is 0 Å². The third-order valence-electron chi connectivity index (χ3n) is 5.24. The maximum absolute atomic E-state index is 14.9. The largest absolute Gasteiger partial charge is 0.382 e. The first-order valence-electron chi connectivity index (χ1n) is 10.1. The van der Waals surface area contributed by atoms with Gasteiger partial charge in [0.05, 0.1) is 16.9 Å². The molecule has 0 unspecified atom stereocenters. The number of nitrogens with zero attached hydrogens (tertiary/aromatic N) is 4. The van der Waals surface area contributed by atoms with Crippen molar-refractivity contribution in [3.05, 3.63) is 58.7 Å². The number of rotatable bonds is 6. The van der Waals surface area contributed by atoms with Gasteiger partial charge in [-0.05, 0) is 48.6 Å². The van der Waals surface area contributed by atoms with Crippen LogP contribution in [0.2, 0.25) is 0 Å². The number of aromatic nitrogens is 1. The molecule has 0 atom stereocenters. The number of hydrazone groups is 1. The molecule has 1 aliphatic rings. The minimum absolute atomic E-state index is 0.0277. The van der Waals surface area contributed by atoms with Crippen molar-refractivity contribution in [2.75, 3.05) is 31.1 Å². The maximum atomic E-state index is 14.9. The number of nitrogens with two attached hydrogens (primary N) is 2. The van der Waals surface area contributed by atoms with Crippen LogP contribution in [0.3, 0.4) is 0 Å². The number of hydrogen-bond donors (Lipinski definition) is 2. The number of benzene rings is 1. The van der Waals surface area contributed by atoms with E-state index >= 15 is 0 Å². The van der Waals surface area contributed by atoms with Crippen LogP contribution in [0, 0.1) is 18.7 Å². The van der Waals surface area contributed by atoms with Gasteiger partial charge in [0, 0.05) is 38.9 Å². The quantitative estimate of drug-likeness (QED) is 0.338. The lowest BCUT2D eigenvalue weighted by Crippen LogP contribution is -2.46. The Hall–Kier alpha value is -2.67. The number of aryl methyl sites for hydroxylation is 1. The zero-order valence-corrected chi connectivity index (χ0v) is 17.5. The Kier molecular flexibility index (Phi) is 6.69. The first-order chi connectivity index (χ1) is 13.9. The van der Waals surface area contributed by atoms with E-state index in [0.717, 1.165) is 61.7 Å². The SMILES string of the molecule is Cc1ccc(CN2CCN(c3cc(CC(C)C)cc(F)c3/C(N)=N/N)CC2)nc1. The summed E-state index contributed by atoms with van der Waals surface area (Å²) in [6.45, 7) is 10.4. The number of halogens is 1. The van der Waals surface area contributed by atoms with Crippen molar-refractivity contribution >= 4 is 11.5 Å². The van der Waals surface area contributed by atoms with Crippen molar-refractivity contribution in [1.82, 2.24) is 9.88 Å². The van der Waals surface area contributed by atoms with Crippen LogP contribution in [-0.4, -0.2) is 41.9 Å². The van der Waals surface area contributed by atoms with Crippen molar-refractivity contribution in [2.24, 2.45) is 22.6 Å². The minimum atomic E-state index is -0.365. The maximum Gasteiger partial charge on any atom is 0.155 e. The van der Waals surface area contributed by atoms with Crippen LogP contribution < -0.4 is 16.5 Å². The molecule has 3 rings (SSSR count). The molecule has 1 aromatic heterocycles. The Morgan fingerprint density at radius 2 is 1.93 bits per heavy atom. The van der Waals surface area contributed by atoms with Crippen LogP contribution in [0.25, 0.3) is 0 Å². The number of pyridine rings is 1. The van der Waals surface area contributed by atoms with Crippen molar-refractivity contribution in [3.63, 3.8) is 0 Å². The average molecular weight is 399 g/mol. The monoisotopic (exact) mass is 398 g/mol. The van der Waals surface area contributed by atoms with Crippen LogP contribution in [0.4, 0.5) is 10.1 Å². The summed E-state index contributed by atoms with van der Waals surface area (Å²) in [4.78, 5) is 9.04. The Bertz CT molecular complexity index is 854. The molecule has 0 amide bonds. The van der Waals surface area contributed by atoms with Gasteiger partial charge in [-0.15, -0.1) is 0 Å². The van der Waals surface area contributed by atoms with Crippen molar-refractivity contribution in [2.45, 2.75) is 33.7 Å². The van der Waals surface area contributed by atoms with Crippen LogP contribution >= 0.6 is 0 Å². The molecule has 2 heterocycles. The number of hydrogen-bond acceptors (Lipinski definition) is 5. The van der Waals surface area contributed by atoms with Crippen molar-refractivity contribution in [1.29, 1.82) is 0 Å². The summed E-state index contributed by atoms with van der Waals surface area (Å²) in [5.41, 5.74) is 10.2. The van der Waals surface area contributed by atoms with Gasteiger partial charge < -0.3 is 16.5 Å². The highest BCUT2D eigenvalue weighted by atomic mass is 19.1. The van der Waals surface area contributed by atoms with Gasteiger partial charge in [-0.25, -0.2) is 4.39 Å². The van der Waals surface area contributed by atoms with Crippen LogP contribution in [-0.2, 0) is 13.0 Å². The lowest BCUT2D eigenvalue weighted by atomic mass is 9.98. The summed E-state index contributed by atoms with van der Waals surface area (Å²) >= 11 is 0. The number of amidine groups is 1. The third-order valence-corrected chi connectivity index (χ3v) is 5.24. The van der Waals surface area contributed by atoms with Crippen molar-refractivity contribution < 1.29 is 4.39 Å². The second-order valence-electron chi connectivity index (χ2n) is 8.17. The lowest BCUT2D eigenvalue weighted by Gasteiger charge is -2.37. The van der Waals surface area contributed by atoms with Gasteiger partial charge in [0.15, 0.2) is 5.84 Å². The zero-order chi connectivity index (χ0) is 21.0. The smallest absolute Gasteiger partial charge is 0.155 e. The molecule has 4 N–H and O–H groups in total. The summed E-state index contributed by atoms with van der Waals surface area (Å²) in [6, 6.07) is 7.75. The van der Waals surface area contributed by atoms with Gasteiger partial charge >= 0.3 is 0 Å². The fourth-order valence-corrected chi connectivity index (χ4v) is 3.77. The second kappa shape index (κ2) is 9.22. The summed E-state index contributed by atoms with van der Waals surface area (Å²) in [5, 5.41) is 3.55. The predicted molar refractivity (Wildman–Crippen MR) is 116 cm³/mol. The molecular formula is C22H31FN6. The van der Waals surface area contributed by atoms with E-state index in [1.807, 2.05) is 19.2 Å². The molecule has 6 nitrogen and oxygen atoms in total. The van der Waals surface area contributed by atoms with E-state index in [4.69, 9.17) is 11.6 Å². The highest BCUT2D eigenvalue weighted by Crippen LogP contribution is 2.28. The molecule has 0 radical (unpaired) electrons.